The lowest BCUT2D eigenvalue weighted by Crippen LogP contribution is -2.39. The van der Waals surface area contributed by atoms with Gasteiger partial charge < -0.3 is 29.8 Å². The Hall–Kier alpha value is -4.87. The van der Waals surface area contributed by atoms with Crippen molar-refractivity contribution in [3.63, 3.8) is 0 Å². The van der Waals surface area contributed by atoms with E-state index in [9.17, 15) is 27.9 Å². The first-order valence-electron chi connectivity index (χ1n) is 14.3. The molecular formula is C32H39N5O8S. The van der Waals surface area contributed by atoms with Crippen LogP contribution in [0.5, 0.6) is 5.88 Å². The average Bonchev–Trinajstić information content (AvgIpc) is 3.32. The zero-order valence-electron chi connectivity index (χ0n) is 26.7. The number of rotatable bonds is 11. The summed E-state index contributed by atoms with van der Waals surface area (Å²) >= 11 is 0. The van der Waals surface area contributed by atoms with Crippen LogP contribution in [0.25, 0.3) is 10.9 Å². The van der Waals surface area contributed by atoms with Crippen LogP contribution in [0, 0.1) is 11.8 Å². The number of hydrogen-bond acceptors (Lipinski definition) is 9. The van der Waals surface area contributed by atoms with Crippen LogP contribution in [0.3, 0.4) is 0 Å². The van der Waals surface area contributed by atoms with Gasteiger partial charge in [0.2, 0.25) is 15.9 Å². The summed E-state index contributed by atoms with van der Waals surface area (Å²) in [6.07, 6.45) is 1.35. The molecule has 3 rings (SSSR count). The van der Waals surface area contributed by atoms with Crippen molar-refractivity contribution < 1.29 is 37.4 Å². The van der Waals surface area contributed by atoms with Gasteiger partial charge in [-0.3, -0.25) is 14.6 Å². The summed E-state index contributed by atoms with van der Waals surface area (Å²) in [4.78, 5) is 44.4. The number of benzene rings is 2. The number of aromatic nitrogens is 1. The number of nitrogens with one attached hydrogen (secondary N) is 2. The molecule has 3 N–H and O–H groups in total. The van der Waals surface area contributed by atoms with Crippen LogP contribution in [0.15, 0.2) is 52.4 Å². The van der Waals surface area contributed by atoms with E-state index in [1.165, 1.54) is 50.5 Å². The van der Waals surface area contributed by atoms with Gasteiger partial charge in [-0.05, 0) is 57.5 Å². The molecule has 0 aliphatic rings. The number of aromatic amines is 1. The van der Waals surface area contributed by atoms with E-state index in [1.807, 2.05) is 0 Å². The molecule has 1 heterocycles. The van der Waals surface area contributed by atoms with Crippen LogP contribution in [0.2, 0.25) is 0 Å². The summed E-state index contributed by atoms with van der Waals surface area (Å²) in [7, 11) is 0.0730. The Balaban J connectivity index is 1.76. The monoisotopic (exact) mass is 653 g/mol. The summed E-state index contributed by atoms with van der Waals surface area (Å²) in [5, 5.41) is 13.8. The minimum atomic E-state index is -4.05. The maximum atomic E-state index is 13.3. The van der Waals surface area contributed by atoms with Crippen molar-refractivity contribution in [3.8, 4) is 17.7 Å². The molecule has 1 aromatic heterocycles. The van der Waals surface area contributed by atoms with Crippen molar-refractivity contribution >= 4 is 50.8 Å². The number of H-pyrrole nitrogens is 1. The number of nitrogens with zero attached hydrogens (tertiary/aromatic N) is 3. The molecule has 13 nitrogen and oxygen atoms in total. The number of aromatic hydroxyl groups is 1. The van der Waals surface area contributed by atoms with E-state index in [0.717, 1.165) is 4.31 Å². The van der Waals surface area contributed by atoms with E-state index < -0.39 is 34.2 Å². The van der Waals surface area contributed by atoms with Crippen LogP contribution < -0.4 is 5.32 Å². The number of alkyl carbamates (subject to hydrolysis) is 1. The summed E-state index contributed by atoms with van der Waals surface area (Å²) in [5.41, 5.74) is 1.17. The first-order chi connectivity index (χ1) is 21.6. The van der Waals surface area contributed by atoms with E-state index in [0.29, 0.717) is 34.1 Å². The van der Waals surface area contributed by atoms with E-state index in [2.05, 4.69) is 31.9 Å². The van der Waals surface area contributed by atoms with Gasteiger partial charge in [0, 0.05) is 44.2 Å². The molecule has 246 valence electrons. The van der Waals surface area contributed by atoms with Crippen molar-refractivity contribution in [1.29, 1.82) is 0 Å². The van der Waals surface area contributed by atoms with Crippen molar-refractivity contribution in [3.05, 3.63) is 53.6 Å². The Labute approximate surface area is 268 Å². The van der Waals surface area contributed by atoms with Gasteiger partial charge in [-0.1, -0.05) is 24.0 Å². The zero-order chi connectivity index (χ0) is 34.1. The quantitative estimate of drug-likeness (QED) is 0.160. The third-order valence-electron chi connectivity index (χ3n) is 6.54. The second-order valence-corrected chi connectivity index (χ2v) is 13.3. The molecule has 0 spiro atoms. The van der Waals surface area contributed by atoms with Gasteiger partial charge in [0.15, 0.2) is 5.88 Å². The predicted molar refractivity (Wildman–Crippen MR) is 173 cm³/mol. The molecule has 14 heteroatoms. The first-order valence-corrected chi connectivity index (χ1v) is 15.8. The molecule has 0 bridgehead atoms. The summed E-state index contributed by atoms with van der Waals surface area (Å²) in [5.74, 6) is 4.89. The van der Waals surface area contributed by atoms with Gasteiger partial charge >= 0.3 is 12.1 Å². The number of ether oxygens (including phenoxy) is 2. The van der Waals surface area contributed by atoms with Gasteiger partial charge in [0.25, 0.3) is 0 Å². The lowest BCUT2D eigenvalue weighted by molar-refractivity contribution is -0.141. The molecule has 46 heavy (non-hydrogen) atoms. The number of esters is 1. The highest BCUT2D eigenvalue weighted by Gasteiger charge is 2.25. The van der Waals surface area contributed by atoms with Crippen LogP contribution in [0.1, 0.15) is 44.7 Å². The SMILES string of the molecule is COC(=O)CCCN(C)C(=O)CN(C)S(=O)(=O)c1cccc(N=Cc2c(O)[nH]c3cccc(C#CCNC(=O)OC(C)(C)C)c23)c1. The van der Waals surface area contributed by atoms with Crippen LogP contribution in [-0.2, 0) is 29.1 Å². The van der Waals surface area contributed by atoms with Crippen LogP contribution in [0.4, 0.5) is 10.5 Å². The van der Waals surface area contributed by atoms with Crippen molar-refractivity contribution in [2.75, 3.05) is 40.8 Å². The smallest absolute Gasteiger partial charge is 0.408 e. The fraction of sp³-hybridized carbons (Fsp3) is 0.375. The zero-order valence-corrected chi connectivity index (χ0v) is 27.5. The third kappa shape index (κ3) is 9.82. The summed E-state index contributed by atoms with van der Waals surface area (Å²) in [6, 6.07) is 11.2. The molecule has 2 amide bonds. The standard InChI is InChI=1S/C32H39N5O8S/c1-32(2,3)45-31(41)33-17-9-12-22-11-7-15-26-29(22)25(30(40)35-26)20-34-23-13-8-14-24(19-23)46(42,43)37(5)21-27(38)36(4)18-10-16-28(39)44-6/h7-8,11,13-15,19-20,35,40H,10,16-18,21H2,1-6H3,(H,33,41). The average molecular weight is 654 g/mol. The summed E-state index contributed by atoms with van der Waals surface area (Å²) in [6.45, 7) is 5.19. The number of fused-ring (bicyclic) bond motifs is 1. The highest BCUT2D eigenvalue weighted by molar-refractivity contribution is 7.89. The molecular weight excluding hydrogens is 614 g/mol. The molecule has 0 radical (unpaired) electrons. The van der Waals surface area contributed by atoms with E-state index >= 15 is 0 Å². The minimum Gasteiger partial charge on any atom is -0.494 e. The maximum absolute atomic E-state index is 13.3. The lowest BCUT2D eigenvalue weighted by atomic mass is 10.1. The molecule has 0 fully saturated rings. The second-order valence-electron chi connectivity index (χ2n) is 11.3. The number of carbonyl (C=O) groups excluding carboxylic acids is 3. The molecule has 0 saturated carbocycles. The Morgan fingerprint density at radius 3 is 2.54 bits per heavy atom. The summed E-state index contributed by atoms with van der Waals surface area (Å²) < 4.78 is 37.3. The van der Waals surface area contributed by atoms with Crippen LogP contribution >= 0.6 is 0 Å². The van der Waals surface area contributed by atoms with E-state index in [4.69, 9.17) is 4.74 Å². The molecule has 2 aromatic carbocycles. The van der Waals surface area contributed by atoms with Gasteiger partial charge in [-0.25, -0.2) is 13.2 Å². The largest absolute Gasteiger partial charge is 0.494 e. The second kappa shape index (κ2) is 15.4. The molecule has 0 aliphatic carbocycles. The number of aliphatic imine (C=N–C) groups is 1. The highest BCUT2D eigenvalue weighted by atomic mass is 32.2. The number of likely N-dealkylation sites (N-methyl/N-ethyl adjacent to an activating group) is 2. The van der Waals surface area contributed by atoms with Gasteiger partial charge in [0.05, 0.1) is 41.9 Å². The fourth-order valence-electron chi connectivity index (χ4n) is 4.19. The Morgan fingerprint density at radius 1 is 1.13 bits per heavy atom. The number of sulfonamides is 1. The fourth-order valence-corrected chi connectivity index (χ4v) is 5.35. The molecule has 0 unspecified atom stereocenters. The number of amides is 2. The van der Waals surface area contributed by atoms with Crippen molar-refractivity contribution in [2.24, 2.45) is 4.99 Å². The number of hydrogen-bond donors (Lipinski definition) is 3. The molecule has 3 aromatic rings. The van der Waals surface area contributed by atoms with Crippen molar-refractivity contribution in [2.45, 2.75) is 44.1 Å². The van der Waals surface area contributed by atoms with Gasteiger partial charge in [0.1, 0.15) is 5.60 Å². The van der Waals surface area contributed by atoms with E-state index in [-0.39, 0.29) is 36.3 Å². The third-order valence-corrected chi connectivity index (χ3v) is 8.34. The molecule has 0 aliphatic heterocycles. The molecule has 0 atom stereocenters. The highest BCUT2D eigenvalue weighted by Crippen LogP contribution is 2.29. The van der Waals surface area contributed by atoms with Gasteiger partial charge in [-0.15, -0.1) is 0 Å². The normalized spacial score (nSPS) is 11.7. The number of methoxy groups -OCH3 is 1. The number of carbonyl (C=O) groups is 3. The Kier molecular flexibility index (Phi) is 11.9. The van der Waals surface area contributed by atoms with Crippen molar-refractivity contribution in [1.82, 2.24) is 19.5 Å². The maximum Gasteiger partial charge on any atom is 0.408 e. The lowest BCUT2D eigenvalue weighted by Gasteiger charge is -2.22. The Bertz CT molecular complexity index is 1780. The topological polar surface area (TPSA) is 171 Å². The van der Waals surface area contributed by atoms with Crippen LogP contribution in [-0.4, -0.2) is 98.3 Å². The van der Waals surface area contributed by atoms with E-state index in [1.54, 1.807) is 45.0 Å². The molecule has 0 saturated heterocycles. The minimum absolute atomic E-state index is 0.0398. The first kappa shape index (κ1) is 35.6. The predicted octanol–water partition coefficient (Wildman–Crippen LogP) is 3.53. The van der Waals surface area contributed by atoms with Gasteiger partial charge in [-0.2, -0.15) is 4.31 Å². The Morgan fingerprint density at radius 2 is 1.85 bits per heavy atom.